The van der Waals surface area contributed by atoms with E-state index in [4.69, 9.17) is 5.73 Å². The van der Waals surface area contributed by atoms with E-state index in [2.05, 4.69) is 15.2 Å². The van der Waals surface area contributed by atoms with Crippen molar-refractivity contribution in [3.63, 3.8) is 0 Å². The van der Waals surface area contributed by atoms with E-state index in [0.29, 0.717) is 11.4 Å². The first kappa shape index (κ1) is 18.1. The minimum atomic E-state index is -0.812. The highest BCUT2D eigenvalue weighted by Gasteiger charge is 2.18. The molecule has 1 aromatic heterocycles. The van der Waals surface area contributed by atoms with Gasteiger partial charge in [0.1, 0.15) is 17.5 Å². The van der Waals surface area contributed by atoms with Gasteiger partial charge in [-0.2, -0.15) is 0 Å². The molecule has 2 heterocycles. The molecule has 0 atom stereocenters. The summed E-state index contributed by atoms with van der Waals surface area (Å²) in [5.74, 6) is -1.71. The zero-order chi connectivity index (χ0) is 18.8. The van der Waals surface area contributed by atoms with E-state index in [0.717, 1.165) is 32.2 Å². The number of primary amides is 1. The average molecular weight is 361 g/mol. The number of nitrogens with one attached hydrogen (secondary N) is 1. The quantitative estimate of drug-likeness (QED) is 0.874. The highest BCUT2D eigenvalue weighted by molar-refractivity contribution is 5.98. The molecule has 1 aromatic carbocycles. The van der Waals surface area contributed by atoms with Crippen LogP contribution in [0.1, 0.15) is 16.1 Å². The van der Waals surface area contributed by atoms with E-state index in [1.54, 1.807) is 12.1 Å². The minimum absolute atomic E-state index is 0.0864. The highest BCUT2D eigenvalue weighted by Crippen LogP contribution is 2.27. The maximum absolute atomic E-state index is 14.6. The van der Waals surface area contributed by atoms with Crippen LogP contribution in [0.15, 0.2) is 24.3 Å². The van der Waals surface area contributed by atoms with Crippen molar-refractivity contribution in [3.8, 4) is 0 Å². The Labute approximate surface area is 150 Å². The Morgan fingerprint density at radius 2 is 1.85 bits per heavy atom. The topological polar surface area (TPSA) is 74.5 Å². The molecule has 0 aliphatic carbocycles. The standard InChI is InChI=1S/C18H21F2N5O/c1-11-14(19)10-13(17(21)26)18(22-11)23-12-3-4-16(15(20)9-12)25-7-5-24(2)6-8-25/h3-4,9-10H,5-8H2,1-2H3,(H2,21,26)(H,22,23). The number of rotatable bonds is 4. The van der Waals surface area contributed by atoms with Crippen LogP contribution in [-0.4, -0.2) is 49.0 Å². The lowest BCUT2D eigenvalue weighted by Crippen LogP contribution is -2.44. The first-order valence-corrected chi connectivity index (χ1v) is 8.32. The van der Waals surface area contributed by atoms with Gasteiger partial charge in [0.05, 0.1) is 16.9 Å². The number of likely N-dealkylation sites (N-methyl/N-ethyl adjacent to an activating group) is 1. The molecule has 0 unspecified atom stereocenters. The molecule has 3 rings (SSSR count). The fourth-order valence-corrected chi connectivity index (χ4v) is 2.89. The monoisotopic (exact) mass is 361 g/mol. The summed E-state index contributed by atoms with van der Waals surface area (Å²) in [7, 11) is 2.04. The second kappa shape index (κ2) is 7.25. The molecule has 1 amide bonds. The van der Waals surface area contributed by atoms with Crippen LogP contribution >= 0.6 is 0 Å². The molecule has 1 saturated heterocycles. The Morgan fingerprint density at radius 1 is 1.15 bits per heavy atom. The van der Waals surface area contributed by atoms with Gasteiger partial charge < -0.3 is 20.9 Å². The number of amides is 1. The first-order chi connectivity index (χ1) is 12.3. The summed E-state index contributed by atoms with van der Waals surface area (Å²) in [6, 6.07) is 5.74. The zero-order valence-electron chi connectivity index (χ0n) is 14.7. The SMILES string of the molecule is Cc1nc(Nc2ccc(N3CCN(C)CC3)c(F)c2)c(C(N)=O)cc1F. The molecule has 1 aliphatic heterocycles. The van der Waals surface area contributed by atoms with E-state index >= 15 is 0 Å². The Bertz CT molecular complexity index is 835. The van der Waals surface area contributed by atoms with Crippen molar-refractivity contribution >= 4 is 23.1 Å². The van der Waals surface area contributed by atoms with Gasteiger partial charge in [-0.25, -0.2) is 13.8 Å². The summed E-state index contributed by atoms with van der Waals surface area (Å²) < 4.78 is 28.2. The lowest BCUT2D eigenvalue weighted by atomic mass is 10.2. The van der Waals surface area contributed by atoms with E-state index in [-0.39, 0.29) is 22.9 Å². The number of aromatic nitrogens is 1. The molecule has 0 spiro atoms. The summed E-state index contributed by atoms with van der Waals surface area (Å²) in [6.07, 6.45) is 0. The third-order valence-electron chi connectivity index (χ3n) is 4.47. The number of benzene rings is 1. The molecule has 1 aliphatic rings. The summed E-state index contributed by atoms with van der Waals surface area (Å²) in [4.78, 5) is 19.7. The van der Waals surface area contributed by atoms with Gasteiger partial charge in [0.25, 0.3) is 5.91 Å². The number of pyridine rings is 1. The van der Waals surface area contributed by atoms with Crippen molar-refractivity contribution < 1.29 is 13.6 Å². The maximum Gasteiger partial charge on any atom is 0.252 e. The number of halogens is 2. The van der Waals surface area contributed by atoms with Crippen molar-refractivity contribution in [2.45, 2.75) is 6.92 Å². The number of nitrogens with two attached hydrogens (primary N) is 1. The Morgan fingerprint density at radius 3 is 2.46 bits per heavy atom. The lowest BCUT2D eigenvalue weighted by Gasteiger charge is -2.34. The van der Waals surface area contributed by atoms with Gasteiger partial charge >= 0.3 is 0 Å². The Kier molecular flexibility index (Phi) is 5.03. The van der Waals surface area contributed by atoms with Crippen molar-refractivity contribution in [2.75, 3.05) is 43.4 Å². The molecular formula is C18H21F2N5O. The fraction of sp³-hybridized carbons (Fsp3) is 0.333. The van der Waals surface area contributed by atoms with Crippen molar-refractivity contribution in [2.24, 2.45) is 5.73 Å². The Hall–Kier alpha value is -2.74. The molecule has 2 aromatic rings. The summed E-state index contributed by atoms with van der Waals surface area (Å²) in [5.41, 5.74) is 6.24. The molecule has 3 N–H and O–H groups in total. The van der Waals surface area contributed by atoms with Gasteiger partial charge in [-0.15, -0.1) is 0 Å². The van der Waals surface area contributed by atoms with Crippen LogP contribution < -0.4 is 16.0 Å². The summed E-state index contributed by atoms with van der Waals surface area (Å²) in [5, 5.41) is 2.85. The van der Waals surface area contributed by atoms with Gasteiger partial charge in [0.2, 0.25) is 0 Å². The van der Waals surface area contributed by atoms with Crippen LogP contribution in [0.5, 0.6) is 0 Å². The van der Waals surface area contributed by atoms with Crippen molar-refractivity contribution in [1.29, 1.82) is 0 Å². The number of anilines is 3. The molecule has 26 heavy (non-hydrogen) atoms. The molecule has 138 valence electrons. The zero-order valence-corrected chi connectivity index (χ0v) is 14.7. The average Bonchev–Trinajstić information content (AvgIpc) is 2.59. The van der Waals surface area contributed by atoms with Gasteiger partial charge in [0.15, 0.2) is 0 Å². The number of carbonyl (C=O) groups excluding carboxylic acids is 1. The predicted molar refractivity (Wildman–Crippen MR) is 96.8 cm³/mol. The van der Waals surface area contributed by atoms with Gasteiger partial charge in [0, 0.05) is 31.9 Å². The molecule has 1 fully saturated rings. The molecule has 0 saturated carbocycles. The fourth-order valence-electron chi connectivity index (χ4n) is 2.89. The third kappa shape index (κ3) is 3.75. The van der Waals surface area contributed by atoms with Gasteiger partial charge in [-0.1, -0.05) is 0 Å². The van der Waals surface area contributed by atoms with Gasteiger partial charge in [-0.05, 0) is 38.2 Å². The first-order valence-electron chi connectivity index (χ1n) is 8.32. The van der Waals surface area contributed by atoms with Crippen LogP contribution in [0.25, 0.3) is 0 Å². The number of carbonyl (C=O) groups is 1. The second-order valence-electron chi connectivity index (χ2n) is 6.40. The van der Waals surface area contributed by atoms with Crippen molar-refractivity contribution in [1.82, 2.24) is 9.88 Å². The van der Waals surface area contributed by atoms with E-state index in [1.165, 1.54) is 13.0 Å². The lowest BCUT2D eigenvalue weighted by molar-refractivity contribution is 0.100. The maximum atomic E-state index is 14.6. The number of piperazine rings is 1. The van der Waals surface area contributed by atoms with Gasteiger partial charge in [-0.3, -0.25) is 4.79 Å². The van der Waals surface area contributed by atoms with Crippen LogP contribution in [0.3, 0.4) is 0 Å². The highest BCUT2D eigenvalue weighted by atomic mass is 19.1. The van der Waals surface area contributed by atoms with E-state index in [1.807, 2.05) is 11.9 Å². The second-order valence-corrected chi connectivity index (χ2v) is 6.40. The smallest absolute Gasteiger partial charge is 0.252 e. The van der Waals surface area contributed by atoms with E-state index < -0.39 is 11.7 Å². The van der Waals surface area contributed by atoms with Crippen LogP contribution in [0.2, 0.25) is 0 Å². The molecule has 6 nitrogen and oxygen atoms in total. The molecule has 8 heteroatoms. The number of nitrogens with zero attached hydrogens (tertiary/aromatic N) is 3. The molecule has 0 radical (unpaired) electrons. The number of aryl methyl sites for hydroxylation is 1. The minimum Gasteiger partial charge on any atom is -0.367 e. The normalized spacial score (nSPS) is 15.2. The molecule has 0 bridgehead atoms. The molecular weight excluding hydrogens is 340 g/mol. The largest absolute Gasteiger partial charge is 0.367 e. The van der Waals surface area contributed by atoms with Crippen LogP contribution in [-0.2, 0) is 0 Å². The number of hydrogen-bond donors (Lipinski definition) is 2. The Balaban J connectivity index is 1.84. The van der Waals surface area contributed by atoms with Crippen LogP contribution in [0.4, 0.5) is 26.0 Å². The van der Waals surface area contributed by atoms with Crippen molar-refractivity contribution in [3.05, 3.63) is 47.2 Å². The summed E-state index contributed by atoms with van der Waals surface area (Å²) in [6.45, 7) is 4.73. The summed E-state index contributed by atoms with van der Waals surface area (Å²) >= 11 is 0. The predicted octanol–water partition coefficient (Wildman–Crippen LogP) is 2.26. The third-order valence-corrected chi connectivity index (χ3v) is 4.47. The van der Waals surface area contributed by atoms with E-state index in [9.17, 15) is 13.6 Å². The van der Waals surface area contributed by atoms with Crippen LogP contribution in [0, 0.1) is 18.6 Å². The number of hydrogen-bond acceptors (Lipinski definition) is 5.